The number of halogens is 1. The molecule has 1 saturated heterocycles. The van der Waals surface area contributed by atoms with Crippen molar-refractivity contribution in [3.63, 3.8) is 0 Å². The lowest BCUT2D eigenvalue weighted by Gasteiger charge is -2.13. The van der Waals surface area contributed by atoms with E-state index in [4.69, 9.17) is 5.73 Å². The lowest BCUT2D eigenvalue weighted by molar-refractivity contribution is 0.326. The van der Waals surface area contributed by atoms with Gasteiger partial charge in [0.05, 0.1) is 0 Å². The molecule has 0 saturated carbocycles. The highest BCUT2D eigenvalue weighted by molar-refractivity contribution is 14.0. The molecule has 1 aliphatic heterocycles. The van der Waals surface area contributed by atoms with Gasteiger partial charge < -0.3 is 16.0 Å². The number of nitrogens with two attached hydrogens (primary N) is 1. The van der Waals surface area contributed by atoms with Crippen LogP contribution in [-0.4, -0.2) is 37.0 Å². The van der Waals surface area contributed by atoms with Crippen LogP contribution in [-0.2, 0) is 0 Å². The molecule has 1 aliphatic rings. The third-order valence-electron chi connectivity index (χ3n) is 3.72. The molecule has 1 fully saturated rings. The predicted molar refractivity (Wildman–Crippen MR) is 102 cm³/mol. The average molecular weight is 402 g/mol. The summed E-state index contributed by atoms with van der Waals surface area (Å²) in [6, 6.07) is 8.17. The predicted octanol–water partition coefficient (Wildman–Crippen LogP) is 3.07. The fraction of sp³-hybridized carbons (Fsp3) is 0.562. The zero-order valence-corrected chi connectivity index (χ0v) is 15.3. The maximum atomic E-state index is 5.95. The molecule has 1 unspecified atom stereocenters. The van der Waals surface area contributed by atoms with E-state index in [0.717, 1.165) is 18.8 Å². The third-order valence-corrected chi connectivity index (χ3v) is 3.72. The van der Waals surface area contributed by atoms with Gasteiger partial charge in [-0.3, -0.25) is 4.99 Å². The Hall–Kier alpha value is -0.820. The van der Waals surface area contributed by atoms with Crippen LogP contribution in [0, 0.1) is 12.8 Å². The molecule has 0 aliphatic carbocycles. The number of likely N-dealkylation sites (tertiary alicyclic amines) is 1. The summed E-state index contributed by atoms with van der Waals surface area (Å²) in [4.78, 5) is 7.00. The lowest BCUT2D eigenvalue weighted by Crippen LogP contribution is -2.25. The molecule has 4 nitrogen and oxygen atoms in total. The maximum Gasteiger partial charge on any atom is 0.193 e. The highest BCUT2D eigenvalue weighted by Gasteiger charge is 2.21. The monoisotopic (exact) mass is 402 g/mol. The molecule has 0 bridgehead atoms. The average Bonchev–Trinajstić information content (AvgIpc) is 2.85. The van der Waals surface area contributed by atoms with Crippen molar-refractivity contribution in [2.24, 2.45) is 16.6 Å². The molecule has 1 aromatic carbocycles. The molecule has 0 spiro atoms. The number of aryl methyl sites for hydroxylation is 1. The third kappa shape index (κ3) is 6.22. The van der Waals surface area contributed by atoms with E-state index >= 15 is 0 Å². The number of rotatable bonds is 5. The zero-order valence-electron chi connectivity index (χ0n) is 13.0. The SMILES string of the molecule is CCCN1CCC(CN=C(N)Nc2cccc(C)c2)C1.I. The van der Waals surface area contributed by atoms with E-state index in [1.807, 2.05) is 12.1 Å². The molecule has 2 rings (SSSR count). The van der Waals surface area contributed by atoms with E-state index in [0.29, 0.717) is 11.9 Å². The van der Waals surface area contributed by atoms with Crippen molar-refractivity contribution in [1.82, 2.24) is 4.90 Å². The van der Waals surface area contributed by atoms with Crippen molar-refractivity contribution in [2.75, 3.05) is 31.5 Å². The van der Waals surface area contributed by atoms with Crippen molar-refractivity contribution < 1.29 is 0 Å². The summed E-state index contributed by atoms with van der Waals surface area (Å²) < 4.78 is 0. The number of aliphatic imine (C=N–C) groups is 1. The van der Waals surface area contributed by atoms with Crippen LogP contribution in [0.4, 0.5) is 5.69 Å². The van der Waals surface area contributed by atoms with Crippen LogP contribution in [0.15, 0.2) is 29.3 Å². The van der Waals surface area contributed by atoms with Crippen LogP contribution in [0.2, 0.25) is 0 Å². The topological polar surface area (TPSA) is 53.6 Å². The smallest absolute Gasteiger partial charge is 0.193 e. The van der Waals surface area contributed by atoms with Gasteiger partial charge in [0, 0.05) is 18.8 Å². The number of benzene rings is 1. The van der Waals surface area contributed by atoms with E-state index in [-0.39, 0.29) is 24.0 Å². The molecule has 0 aromatic heterocycles. The van der Waals surface area contributed by atoms with Crippen LogP contribution < -0.4 is 11.1 Å². The van der Waals surface area contributed by atoms with Crippen LogP contribution in [0.1, 0.15) is 25.3 Å². The minimum Gasteiger partial charge on any atom is -0.370 e. The zero-order chi connectivity index (χ0) is 14.4. The molecule has 0 radical (unpaired) electrons. The first-order chi connectivity index (χ1) is 9.67. The number of guanidine groups is 1. The molecular weight excluding hydrogens is 375 g/mol. The summed E-state index contributed by atoms with van der Waals surface area (Å²) in [6.45, 7) is 8.70. The van der Waals surface area contributed by atoms with Crippen molar-refractivity contribution in [2.45, 2.75) is 26.7 Å². The lowest BCUT2D eigenvalue weighted by atomic mass is 10.1. The summed E-state index contributed by atoms with van der Waals surface area (Å²) in [6.07, 6.45) is 2.47. The summed E-state index contributed by atoms with van der Waals surface area (Å²) >= 11 is 0. The van der Waals surface area contributed by atoms with Crippen LogP contribution in [0.25, 0.3) is 0 Å². The molecule has 5 heteroatoms. The molecular formula is C16H27IN4. The van der Waals surface area contributed by atoms with E-state index in [1.165, 1.54) is 31.5 Å². The molecule has 1 atom stereocenters. The van der Waals surface area contributed by atoms with Crippen LogP contribution >= 0.6 is 24.0 Å². The standard InChI is InChI=1S/C16H26N4.HI/c1-3-8-20-9-7-14(12-20)11-18-16(17)19-15-6-4-5-13(2)10-15;/h4-6,10,14H,3,7-9,11-12H2,1-2H3,(H3,17,18,19);1H. The fourth-order valence-electron chi connectivity index (χ4n) is 2.72. The Morgan fingerprint density at radius 1 is 1.48 bits per heavy atom. The second kappa shape index (κ2) is 9.25. The van der Waals surface area contributed by atoms with E-state index in [9.17, 15) is 0 Å². The number of nitrogens with one attached hydrogen (secondary N) is 1. The quantitative estimate of drug-likeness (QED) is 0.452. The Bertz CT molecular complexity index is 461. The van der Waals surface area contributed by atoms with Gasteiger partial charge in [0.15, 0.2) is 5.96 Å². The van der Waals surface area contributed by atoms with Crippen molar-refractivity contribution in [1.29, 1.82) is 0 Å². The van der Waals surface area contributed by atoms with Crippen molar-refractivity contribution in [3.8, 4) is 0 Å². The molecule has 0 amide bonds. The van der Waals surface area contributed by atoms with Crippen molar-refractivity contribution in [3.05, 3.63) is 29.8 Å². The maximum absolute atomic E-state index is 5.95. The second-order valence-electron chi connectivity index (χ2n) is 5.68. The summed E-state index contributed by atoms with van der Waals surface area (Å²) in [5.41, 5.74) is 8.17. The largest absolute Gasteiger partial charge is 0.370 e. The Labute approximate surface area is 145 Å². The van der Waals surface area contributed by atoms with Gasteiger partial charge in [0.25, 0.3) is 0 Å². The summed E-state index contributed by atoms with van der Waals surface area (Å²) in [5, 5.41) is 3.16. The van der Waals surface area contributed by atoms with Gasteiger partial charge in [-0.05, 0) is 56.5 Å². The fourth-order valence-corrected chi connectivity index (χ4v) is 2.72. The number of nitrogens with zero attached hydrogens (tertiary/aromatic N) is 2. The van der Waals surface area contributed by atoms with E-state index in [2.05, 4.69) is 41.2 Å². The Balaban J connectivity index is 0.00000220. The number of anilines is 1. The first-order valence-electron chi connectivity index (χ1n) is 7.53. The Morgan fingerprint density at radius 3 is 3.00 bits per heavy atom. The highest BCUT2D eigenvalue weighted by Crippen LogP contribution is 2.16. The van der Waals surface area contributed by atoms with Gasteiger partial charge in [0.1, 0.15) is 0 Å². The van der Waals surface area contributed by atoms with Gasteiger partial charge in [-0.25, -0.2) is 0 Å². The van der Waals surface area contributed by atoms with Crippen molar-refractivity contribution >= 4 is 35.6 Å². The van der Waals surface area contributed by atoms with Gasteiger partial charge in [0.2, 0.25) is 0 Å². The molecule has 3 N–H and O–H groups in total. The molecule has 118 valence electrons. The normalized spacial score (nSPS) is 19.3. The first kappa shape index (κ1) is 18.2. The summed E-state index contributed by atoms with van der Waals surface area (Å²) in [5.74, 6) is 1.17. The van der Waals surface area contributed by atoms with Crippen LogP contribution in [0.5, 0.6) is 0 Å². The minimum atomic E-state index is 0. The second-order valence-corrected chi connectivity index (χ2v) is 5.68. The molecule has 1 aromatic rings. The number of hydrogen-bond donors (Lipinski definition) is 2. The Kier molecular flexibility index (Phi) is 8.03. The van der Waals surface area contributed by atoms with Crippen LogP contribution in [0.3, 0.4) is 0 Å². The van der Waals surface area contributed by atoms with Gasteiger partial charge in [-0.2, -0.15) is 0 Å². The van der Waals surface area contributed by atoms with Gasteiger partial charge in [-0.15, -0.1) is 24.0 Å². The molecule has 1 heterocycles. The van der Waals surface area contributed by atoms with E-state index in [1.54, 1.807) is 0 Å². The minimum absolute atomic E-state index is 0. The Morgan fingerprint density at radius 2 is 2.29 bits per heavy atom. The highest BCUT2D eigenvalue weighted by atomic mass is 127. The molecule has 21 heavy (non-hydrogen) atoms. The first-order valence-corrected chi connectivity index (χ1v) is 7.53. The summed E-state index contributed by atoms with van der Waals surface area (Å²) in [7, 11) is 0. The van der Waals surface area contributed by atoms with Gasteiger partial charge in [-0.1, -0.05) is 19.1 Å². The van der Waals surface area contributed by atoms with E-state index < -0.39 is 0 Å². The van der Waals surface area contributed by atoms with Gasteiger partial charge >= 0.3 is 0 Å². The number of hydrogen-bond acceptors (Lipinski definition) is 2.